The third-order valence-electron chi connectivity index (χ3n) is 2.04. The Balaban J connectivity index is 2.24. The molecule has 0 aromatic carbocycles. The highest BCUT2D eigenvalue weighted by Crippen LogP contribution is 2.22. The molecule has 0 atom stereocenters. The van der Waals surface area contributed by atoms with Gasteiger partial charge in [-0.2, -0.15) is 0 Å². The highest BCUT2D eigenvalue weighted by Gasteiger charge is 2.16. The Labute approximate surface area is 124 Å². The van der Waals surface area contributed by atoms with Crippen molar-refractivity contribution in [2.24, 2.45) is 0 Å². The lowest BCUT2D eigenvalue weighted by atomic mass is 10.4. The summed E-state index contributed by atoms with van der Waals surface area (Å²) in [6.45, 7) is 3.67. The van der Waals surface area contributed by atoms with Gasteiger partial charge in [-0.15, -0.1) is 11.3 Å². The van der Waals surface area contributed by atoms with Crippen molar-refractivity contribution in [2.75, 3.05) is 5.32 Å². The molecule has 0 radical (unpaired) electrons. The quantitative estimate of drug-likeness (QED) is 0.852. The predicted octanol–water partition coefficient (Wildman–Crippen LogP) is 3.33. The average molecular weight is 392 g/mol. The lowest BCUT2D eigenvalue weighted by Crippen LogP contribution is -2.13. The molecule has 8 heteroatoms. The van der Waals surface area contributed by atoms with E-state index in [1.54, 1.807) is 6.92 Å². The minimum atomic E-state index is -0.226. The minimum absolute atomic E-state index is 0.226. The van der Waals surface area contributed by atoms with Crippen LogP contribution in [0.2, 0.25) is 0 Å². The molecular weight excluding hydrogens is 384 g/mol. The zero-order chi connectivity index (χ0) is 13.3. The van der Waals surface area contributed by atoms with E-state index in [-0.39, 0.29) is 5.91 Å². The SMILES string of the molecule is Cc1nc(C)c(C(=O)Nc2ncc(Br)nc2Br)s1. The van der Waals surface area contributed by atoms with E-state index >= 15 is 0 Å². The summed E-state index contributed by atoms with van der Waals surface area (Å²) in [7, 11) is 0. The zero-order valence-corrected chi connectivity index (χ0v) is 13.5. The van der Waals surface area contributed by atoms with Crippen LogP contribution in [0.15, 0.2) is 15.4 Å². The van der Waals surface area contributed by atoms with Crippen LogP contribution in [0.3, 0.4) is 0 Å². The summed E-state index contributed by atoms with van der Waals surface area (Å²) in [5, 5.41) is 3.56. The van der Waals surface area contributed by atoms with Gasteiger partial charge in [-0.1, -0.05) is 0 Å². The normalized spacial score (nSPS) is 10.4. The minimum Gasteiger partial charge on any atom is -0.304 e. The number of aryl methyl sites for hydroxylation is 2. The summed E-state index contributed by atoms with van der Waals surface area (Å²) in [4.78, 5) is 25.0. The number of anilines is 1. The van der Waals surface area contributed by atoms with Crippen LogP contribution in [0.25, 0.3) is 0 Å². The van der Waals surface area contributed by atoms with E-state index in [9.17, 15) is 4.79 Å². The molecule has 0 fully saturated rings. The molecule has 1 N–H and O–H groups in total. The maximum Gasteiger partial charge on any atom is 0.268 e. The van der Waals surface area contributed by atoms with Crippen molar-refractivity contribution in [2.45, 2.75) is 13.8 Å². The molecule has 0 aliphatic carbocycles. The fraction of sp³-hybridized carbons (Fsp3) is 0.200. The molecule has 2 aromatic rings. The van der Waals surface area contributed by atoms with Crippen LogP contribution in [0.5, 0.6) is 0 Å². The molecule has 2 heterocycles. The first-order valence-electron chi connectivity index (χ1n) is 4.91. The molecule has 0 saturated heterocycles. The van der Waals surface area contributed by atoms with E-state index < -0.39 is 0 Å². The Bertz CT molecular complexity index is 614. The van der Waals surface area contributed by atoms with Crippen LogP contribution in [0.4, 0.5) is 5.82 Å². The van der Waals surface area contributed by atoms with Crippen LogP contribution < -0.4 is 5.32 Å². The Hall–Kier alpha value is -0.860. The topological polar surface area (TPSA) is 67.8 Å². The molecule has 0 saturated carbocycles. The summed E-state index contributed by atoms with van der Waals surface area (Å²) >= 11 is 7.79. The number of halogens is 2. The maximum absolute atomic E-state index is 12.0. The Morgan fingerprint density at radius 1 is 1.33 bits per heavy atom. The highest BCUT2D eigenvalue weighted by molar-refractivity contribution is 9.11. The summed E-state index contributed by atoms with van der Waals surface area (Å²) in [6.07, 6.45) is 1.52. The molecule has 5 nitrogen and oxygen atoms in total. The number of hydrogen-bond acceptors (Lipinski definition) is 5. The number of thiazole rings is 1. The standard InChI is InChI=1S/C10H8Br2N4OS/c1-4-7(18-5(2)14-4)10(17)16-9-8(12)15-6(11)3-13-9/h3H,1-2H3,(H,13,16,17). The Morgan fingerprint density at radius 3 is 2.61 bits per heavy atom. The van der Waals surface area contributed by atoms with Crippen molar-refractivity contribution in [3.63, 3.8) is 0 Å². The Kier molecular flexibility index (Phi) is 4.08. The summed E-state index contributed by atoms with van der Waals surface area (Å²) < 4.78 is 1.07. The molecule has 2 aromatic heterocycles. The van der Waals surface area contributed by atoms with Crippen LogP contribution in [-0.2, 0) is 0 Å². The van der Waals surface area contributed by atoms with Crippen LogP contribution in [0, 0.1) is 13.8 Å². The predicted molar refractivity (Wildman–Crippen MR) is 77.0 cm³/mol. The summed E-state index contributed by atoms with van der Waals surface area (Å²) in [5.41, 5.74) is 0.719. The van der Waals surface area contributed by atoms with Gasteiger partial charge in [-0.25, -0.2) is 15.0 Å². The molecule has 1 amide bonds. The molecular formula is C10H8Br2N4OS. The number of aromatic nitrogens is 3. The number of carbonyl (C=O) groups excluding carboxylic acids is 1. The smallest absolute Gasteiger partial charge is 0.268 e. The summed E-state index contributed by atoms with van der Waals surface area (Å²) in [5.74, 6) is 0.157. The molecule has 0 aliphatic heterocycles. The van der Waals surface area contributed by atoms with Gasteiger partial charge in [0.1, 0.15) is 14.1 Å². The summed E-state index contributed by atoms with van der Waals surface area (Å²) in [6, 6.07) is 0. The van der Waals surface area contributed by atoms with E-state index in [0.29, 0.717) is 19.9 Å². The van der Waals surface area contributed by atoms with Gasteiger partial charge >= 0.3 is 0 Å². The van der Waals surface area contributed by atoms with E-state index in [1.807, 2.05) is 6.92 Å². The second-order valence-electron chi connectivity index (χ2n) is 3.43. The fourth-order valence-electron chi connectivity index (χ4n) is 1.34. The average Bonchev–Trinajstić information content (AvgIpc) is 2.62. The zero-order valence-electron chi connectivity index (χ0n) is 9.49. The van der Waals surface area contributed by atoms with Crippen molar-refractivity contribution in [3.05, 3.63) is 31.0 Å². The number of amides is 1. The first kappa shape index (κ1) is 13.6. The number of nitrogens with zero attached hydrogens (tertiary/aromatic N) is 3. The lowest BCUT2D eigenvalue weighted by Gasteiger charge is -2.04. The van der Waals surface area contributed by atoms with E-state index in [2.05, 4.69) is 52.1 Å². The number of nitrogens with one attached hydrogen (secondary N) is 1. The molecule has 0 bridgehead atoms. The lowest BCUT2D eigenvalue weighted by molar-refractivity contribution is 0.102. The Morgan fingerprint density at radius 2 is 2.06 bits per heavy atom. The van der Waals surface area contributed by atoms with E-state index in [1.165, 1.54) is 17.5 Å². The van der Waals surface area contributed by atoms with Crippen molar-refractivity contribution < 1.29 is 4.79 Å². The van der Waals surface area contributed by atoms with Gasteiger partial charge in [-0.05, 0) is 45.7 Å². The third kappa shape index (κ3) is 2.93. The van der Waals surface area contributed by atoms with Gasteiger partial charge in [0.2, 0.25) is 0 Å². The van der Waals surface area contributed by atoms with Crippen molar-refractivity contribution in [1.82, 2.24) is 15.0 Å². The maximum atomic E-state index is 12.0. The molecule has 0 aliphatic rings. The number of carbonyl (C=O) groups is 1. The third-order valence-corrected chi connectivity index (χ3v) is 4.05. The van der Waals surface area contributed by atoms with Crippen LogP contribution in [-0.4, -0.2) is 20.9 Å². The second kappa shape index (κ2) is 5.41. The molecule has 0 spiro atoms. The molecule has 94 valence electrons. The number of rotatable bonds is 2. The monoisotopic (exact) mass is 390 g/mol. The van der Waals surface area contributed by atoms with E-state index in [0.717, 1.165) is 10.7 Å². The largest absolute Gasteiger partial charge is 0.304 e. The van der Waals surface area contributed by atoms with Gasteiger partial charge in [0.15, 0.2) is 5.82 Å². The van der Waals surface area contributed by atoms with E-state index in [4.69, 9.17) is 0 Å². The fourth-order valence-corrected chi connectivity index (χ4v) is 3.06. The first-order valence-corrected chi connectivity index (χ1v) is 7.31. The van der Waals surface area contributed by atoms with Crippen molar-refractivity contribution in [3.8, 4) is 0 Å². The van der Waals surface area contributed by atoms with Crippen molar-refractivity contribution in [1.29, 1.82) is 0 Å². The van der Waals surface area contributed by atoms with Crippen molar-refractivity contribution >= 4 is 54.9 Å². The van der Waals surface area contributed by atoms with Gasteiger partial charge in [0.05, 0.1) is 16.9 Å². The van der Waals surface area contributed by atoms with Gasteiger partial charge in [0, 0.05) is 0 Å². The highest BCUT2D eigenvalue weighted by atomic mass is 79.9. The van der Waals surface area contributed by atoms with Gasteiger partial charge in [-0.3, -0.25) is 4.79 Å². The number of hydrogen-bond donors (Lipinski definition) is 1. The van der Waals surface area contributed by atoms with Gasteiger partial charge in [0.25, 0.3) is 5.91 Å². The van der Waals surface area contributed by atoms with Crippen LogP contribution >= 0.6 is 43.2 Å². The molecule has 0 unspecified atom stereocenters. The second-order valence-corrected chi connectivity index (χ2v) is 6.20. The first-order chi connectivity index (χ1) is 8.47. The van der Waals surface area contributed by atoms with Gasteiger partial charge < -0.3 is 5.32 Å². The molecule has 18 heavy (non-hydrogen) atoms. The van der Waals surface area contributed by atoms with Crippen LogP contribution in [0.1, 0.15) is 20.4 Å². The molecule has 2 rings (SSSR count).